The maximum atomic E-state index is 13.0. The van der Waals surface area contributed by atoms with Gasteiger partial charge in [-0.15, -0.1) is 0 Å². The van der Waals surface area contributed by atoms with Gasteiger partial charge < -0.3 is 10.1 Å². The fourth-order valence-electron chi connectivity index (χ4n) is 2.46. The van der Waals surface area contributed by atoms with Crippen LogP contribution in [0.15, 0.2) is 23.4 Å². The lowest BCUT2D eigenvalue weighted by Gasteiger charge is -2.28. The minimum atomic E-state index is -3.59. The molecule has 0 bridgehead atoms. The molecule has 0 amide bonds. The number of hydrogen-bond acceptors (Lipinski definition) is 5. The van der Waals surface area contributed by atoms with Crippen LogP contribution in [0.3, 0.4) is 0 Å². The number of methoxy groups -OCH3 is 1. The number of hydrogen-bond donors (Lipinski definition) is 1. The summed E-state index contributed by atoms with van der Waals surface area (Å²) >= 11 is 0. The van der Waals surface area contributed by atoms with Crippen molar-refractivity contribution < 1.29 is 13.2 Å². The van der Waals surface area contributed by atoms with Gasteiger partial charge in [0.2, 0.25) is 10.0 Å². The molecule has 0 radical (unpaired) electrons. The Morgan fingerprint density at radius 2 is 2.24 bits per heavy atom. The molecule has 1 heterocycles. The van der Waals surface area contributed by atoms with E-state index in [0.29, 0.717) is 24.8 Å². The van der Waals surface area contributed by atoms with Gasteiger partial charge in [0.15, 0.2) is 0 Å². The summed E-state index contributed by atoms with van der Waals surface area (Å²) < 4.78 is 32.6. The second-order valence-electron chi connectivity index (χ2n) is 5.31. The average molecular weight is 313 g/mol. The monoisotopic (exact) mass is 313 g/mol. The van der Waals surface area contributed by atoms with Crippen LogP contribution in [0, 0.1) is 5.92 Å². The van der Waals surface area contributed by atoms with Crippen LogP contribution in [0.1, 0.15) is 19.8 Å². The van der Waals surface area contributed by atoms with Crippen LogP contribution in [0.2, 0.25) is 0 Å². The molecule has 1 N–H and O–H groups in total. The van der Waals surface area contributed by atoms with Gasteiger partial charge in [0, 0.05) is 39.1 Å². The molecule has 1 unspecified atom stereocenters. The Labute approximate surface area is 126 Å². The topological polar surface area (TPSA) is 71.5 Å². The first-order chi connectivity index (χ1) is 10.0. The molecule has 1 atom stereocenters. The minimum Gasteiger partial charge on any atom is -0.387 e. The van der Waals surface area contributed by atoms with E-state index in [4.69, 9.17) is 4.74 Å². The maximum absolute atomic E-state index is 13.0. The molecule has 118 valence electrons. The lowest BCUT2D eigenvalue weighted by molar-refractivity contribution is 0.164. The third-order valence-corrected chi connectivity index (χ3v) is 5.93. The normalized spacial score (nSPS) is 17.0. The summed E-state index contributed by atoms with van der Waals surface area (Å²) in [4.78, 5) is 4.18. The molecular weight excluding hydrogens is 290 g/mol. The third-order valence-electron chi connectivity index (χ3n) is 3.91. The minimum absolute atomic E-state index is 0.0185. The Hall–Kier alpha value is -1.18. The molecule has 0 aromatic carbocycles. The Bertz CT molecular complexity index is 573. The van der Waals surface area contributed by atoms with Crippen LogP contribution in [-0.4, -0.2) is 51.1 Å². The summed E-state index contributed by atoms with van der Waals surface area (Å²) in [6.07, 6.45) is 5.16. The van der Waals surface area contributed by atoms with Crippen LogP contribution in [0.25, 0.3) is 0 Å². The maximum Gasteiger partial charge on any atom is 0.246 e. The molecule has 1 fully saturated rings. The number of sulfonamides is 1. The summed E-state index contributed by atoms with van der Waals surface area (Å²) in [7, 11) is -0.306. The fourth-order valence-corrected chi connectivity index (χ4v) is 4.28. The molecule has 1 aromatic rings. The number of rotatable bonds is 8. The molecule has 0 aliphatic heterocycles. The van der Waals surface area contributed by atoms with Gasteiger partial charge in [-0.2, -0.15) is 4.31 Å². The largest absolute Gasteiger partial charge is 0.387 e. The van der Waals surface area contributed by atoms with Crippen LogP contribution < -0.4 is 5.32 Å². The zero-order valence-corrected chi connectivity index (χ0v) is 13.6. The quantitative estimate of drug-likeness (QED) is 0.788. The van der Waals surface area contributed by atoms with Gasteiger partial charge >= 0.3 is 0 Å². The predicted octanol–water partition coefficient (Wildman–Crippen LogP) is 1.56. The van der Waals surface area contributed by atoms with Gasteiger partial charge in [0.1, 0.15) is 4.90 Å². The van der Waals surface area contributed by atoms with Gasteiger partial charge in [-0.05, 0) is 31.7 Å². The highest BCUT2D eigenvalue weighted by molar-refractivity contribution is 7.89. The van der Waals surface area contributed by atoms with Crippen molar-refractivity contribution in [1.29, 1.82) is 0 Å². The number of anilines is 1. The zero-order chi connectivity index (χ0) is 15.5. The third kappa shape index (κ3) is 3.53. The van der Waals surface area contributed by atoms with Crippen molar-refractivity contribution in [2.75, 3.05) is 32.6 Å². The standard InChI is InChI=1S/C14H23N3O3S/c1-11(12-4-5-12)17(8-9-20-3)21(18,19)14-10-16-7-6-13(14)15-2/h6-7,10-12H,4-5,8-9H2,1-3H3,(H,15,16). The van der Waals surface area contributed by atoms with E-state index in [-0.39, 0.29) is 10.9 Å². The molecule has 1 aliphatic rings. The molecule has 6 nitrogen and oxygen atoms in total. The van der Waals surface area contributed by atoms with Crippen LogP contribution >= 0.6 is 0 Å². The van der Waals surface area contributed by atoms with Crippen LogP contribution in [0.5, 0.6) is 0 Å². The SMILES string of the molecule is CNc1ccncc1S(=O)(=O)N(CCOC)C(C)C1CC1. The lowest BCUT2D eigenvalue weighted by Crippen LogP contribution is -2.42. The second kappa shape index (κ2) is 6.72. The van der Waals surface area contributed by atoms with Crippen molar-refractivity contribution in [3.63, 3.8) is 0 Å². The molecule has 7 heteroatoms. The Kier molecular flexibility index (Phi) is 5.18. The number of pyridine rings is 1. The molecule has 1 saturated carbocycles. The van der Waals surface area contributed by atoms with Crippen molar-refractivity contribution >= 4 is 15.7 Å². The van der Waals surface area contributed by atoms with E-state index in [0.717, 1.165) is 12.8 Å². The Morgan fingerprint density at radius 1 is 1.52 bits per heavy atom. The van der Waals surface area contributed by atoms with E-state index < -0.39 is 10.0 Å². The van der Waals surface area contributed by atoms with E-state index >= 15 is 0 Å². The smallest absolute Gasteiger partial charge is 0.246 e. The van der Waals surface area contributed by atoms with Crippen molar-refractivity contribution in [3.05, 3.63) is 18.5 Å². The van der Waals surface area contributed by atoms with Crippen molar-refractivity contribution in [1.82, 2.24) is 9.29 Å². The predicted molar refractivity (Wildman–Crippen MR) is 81.7 cm³/mol. The first-order valence-corrected chi connectivity index (χ1v) is 8.59. The first-order valence-electron chi connectivity index (χ1n) is 7.15. The molecular formula is C14H23N3O3S. The Balaban J connectivity index is 2.35. The summed E-state index contributed by atoms with van der Waals surface area (Å²) in [6.45, 7) is 2.71. The number of ether oxygens (including phenoxy) is 1. The van der Waals surface area contributed by atoms with Gasteiger partial charge in [0.05, 0.1) is 12.3 Å². The summed E-state index contributed by atoms with van der Waals surface area (Å²) in [5, 5.41) is 2.92. The number of aromatic nitrogens is 1. The molecule has 1 aliphatic carbocycles. The molecule has 21 heavy (non-hydrogen) atoms. The highest BCUT2D eigenvalue weighted by atomic mass is 32.2. The molecule has 1 aromatic heterocycles. The van der Waals surface area contributed by atoms with Gasteiger partial charge in [-0.1, -0.05) is 0 Å². The highest BCUT2D eigenvalue weighted by Gasteiger charge is 2.38. The highest BCUT2D eigenvalue weighted by Crippen LogP contribution is 2.37. The van der Waals surface area contributed by atoms with E-state index in [1.807, 2.05) is 6.92 Å². The van der Waals surface area contributed by atoms with Crippen molar-refractivity contribution in [2.24, 2.45) is 5.92 Å². The van der Waals surface area contributed by atoms with Gasteiger partial charge in [0.25, 0.3) is 0 Å². The summed E-state index contributed by atoms with van der Waals surface area (Å²) in [6, 6.07) is 1.65. The molecule has 0 spiro atoms. The van der Waals surface area contributed by atoms with E-state index in [2.05, 4.69) is 10.3 Å². The van der Waals surface area contributed by atoms with Crippen LogP contribution in [0.4, 0.5) is 5.69 Å². The summed E-state index contributed by atoms with van der Waals surface area (Å²) in [5.74, 6) is 0.450. The van der Waals surface area contributed by atoms with Gasteiger partial charge in [-0.25, -0.2) is 8.42 Å². The van der Waals surface area contributed by atoms with Crippen molar-refractivity contribution in [2.45, 2.75) is 30.7 Å². The zero-order valence-electron chi connectivity index (χ0n) is 12.7. The number of nitrogens with one attached hydrogen (secondary N) is 1. The second-order valence-corrected chi connectivity index (χ2v) is 7.17. The van der Waals surface area contributed by atoms with Crippen LogP contribution in [-0.2, 0) is 14.8 Å². The summed E-state index contributed by atoms with van der Waals surface area (Å²) in [5.41, 5.74) is 0.565. The average Bonchev–Trinajstić information content (AvgIpc) is 3.31. The number of nitrogens with zero attached hydrogens (tertiary/aromatic N) is 2. The lowest BCUT2D eigenvalue weighted by atomic mass is 10.2. The van der Waals surface area contributed by atoms with Crippen molar-refractivity contribution in [3.8, 4) is 0 Å². The molecule has 0 saturated heterocycles. The molecule has 2 rings (SSSR count). The van der Waals surface area contributed by atoms with E-state index in [1.165, 1.54) is 6.20 Å². The first kappa shape index (κ1) is 16.2. The fraction of sp³-hybridized carbons (Fsp3) is 0.643. The van der Waals surface area contributed by atoms with E-state index in [9.17, 15) is 8.42 Å². The van der Waals surface area contributed by atoms with Gasteiger partial charge in [-0.3, -0.25) is 4.98 Å². The Morgan fingerprint density at radius 3 is 2.81 bits per heavy atom. The van der Waals surface area contributed by atoms with E-state index in [1.54, 1.807) is 30.7 Å².